The second-order valence-electron chi connectivity index (χ2n) is 7.05. The van der Waals surface area contributed by atoms with Gasteiger partial charge in [-0.2, -0.15) is 0 Å². The number of para-hydroxylation sites is 1. The lowest BCUT2D eigenvalue weighted by atomic mass is 9.86. The van der Waals surface area contributed by atoms with Crippen molar-refractivity contribution in [3.63, 3.8) is 0 Å². The Morgan fingerprint density at radius 2 is 1.86 bits per heavy atom. The normalized spacial score (nSPS) is 27.7. The summed E-state index contributed by atoms with van der Waals surface area (Å²) in [6.45, 7) is 8.26. The summed E-state index contributed by atoms with van der Waals surface area (Å²) < 4.78 is 5.48. The Morgan fingerprint density at radius 3 is 2.59 bits per heavy atom. The predicted molar refractivity (Wildman–Crippen MR) is 91.3 cm³/mol. The first-order chi connectivity index (χ1) is 10.8. The van der Waals surface area contributed by atoms with E-state index in [0.29, 0.717) is 0 Å². The van der Waals surface area contributed by atoms with Crippen LogP contribution in [-0.2, 0) is 6.54 Å². The van der Waals surface area contributed by atoms with Gasteiger partial charge in [0.1, 0.15) is 5.75 Å². The fourth-order valence-electron chi connectivity index (χ4n) is 4.09. The van der Waals surface area contributed by atoms with Crippen LogP contribution in [0.1, 0.15) is 38.2 Å². The highest BCUT2D eigenvalue weighted by Crippen LogP contribution is 2.28. The third kappa shape index (κ3) is 3.82. The number of benzene rings is 1. The highest BCUT2D eigenvalue weighted by Gasteiger charge is 2.27. The van der Waals surface area contributed by atoms with Crippen molar-refractivity contribution >= 4 is 0 Å². The first-order valence-electron chi connectivity index (χ1n) is 8.84. The van der Waals surface area contributed by atoms with Crippen molar-refractivity contribution in [2.75, 3.05) is 33.3 Å². The molecule has 2 aliphatic rings. The van der Waals surface area contributed by atoms with Crippen LogP contribution in [0.5, 0.6) is 5.75 Å². The first kappa shape index (κ1) is 15.8. The third-order valence-corrected chi connectivity index (χ3v) is 5.42. The molecule has 0 N–H and O–H groups in total. The molecule has 0 bridgehead atoms. The number of methoxy groups -OCH3 is 1. The van der Waals surface area contributed by atoms with Gasteiger partial charge in [0.25, 0.3) is 0 Å². The molecule has 1 aromatic rings. The molecule has 3 nitrogen and oxygen atoms in total. The van der Waals surface area contributed by atoms with Gasteiger partial charge in [-0.05, 0) is 24.8 Å². The highest BCUT2D eigenvalue weighted by atomic mass is 16.5. The molecule has 0 aromatic heterocycles. The van der Waals surface area contributed by atoms with E-state index in [1.807, 2.05) is 6.07 Å². The van der Waals surface area contributed by atoms with Gasteiger partial charge in [-0.1, -0.05) is 38.0 Å². The van der Waals surface area contributed by atoms with Gasteiger partial charge in [0.2, 0.25) is 0 Å². The topological polar surface area (TPSA) is 15.7 Å². The van der Waals surface area contributed by atoms with Gasteiger partial charge in [0.15, 0.2) is 0 Å². The molecule has 1 saturated carbocycles. The fraction of sp³-hybridized carbons (Fsp3) is 0.684. The van der Waals surface area contributed by atoms with Crippen molar-refractivity contribution in [2.24, 2.45) is 5.92 Å². The third-order valence-electron chi connectivity index (χ3n) is 5.42. The average molecular weight is 302 g/mol. The monoisotopic (exact) mass is 302 g/mol. The molecular weight excluding hydrogens is 272 g/mol. The van der Waals surface area contributed by atoms with E-state index in [4.69, 9.17) is 4.74 Å². The molecule has 122 valence electrons. The van der Waals surface area contributed by atoms with Gasteiger partial charge >= 0.3 is 0 Å². The summed E-state index contributed by atoms with van der Waals surface area (Å²) in [6.07, 6.45) is 5.68. The van der Waals surface area contributed by atoms with E-state index in [0.717, 1.165) is 24.3 Å². The van der Waals surface area contributed by atoms with E-state index < -0.39 is 0 Å². The molecule has 22 heavy (non-hydrogen) atoms. The molecule has 0 amide bonds. The van der Waals surface area contributed by atoms with Crippen LogP contribution < -0.4 is 4.74 Å². The van der Waals surface area contributed by atoms with E-state index in [1.54, 1.807) is 7.11 Å². The van der Waals surface area contributed by atoms with E-state index in [1.165, 1.54) is 57.4 Å². The molecule has 3 heteroatoms. The van der Waals surface area contributed by atoms with Crippen molar-refractivity contribution in [1.82, 2.24) is 9.80 Å². The Kier molecular flexibility index (Phi) is 5.37. The van der Waals surface area contributed by atoms with Crippen LogP contribution in [0.15, 0.2) is 24.3 Å². The Labute approximate surface area is 135 Å². The van der Waals surface area contributed by atoms with Crippen LogP contribution in [0.4, 0.5) is 0 Å². The molecule has 2 atom stereocenters. The van der Waals surface area contributed by atoms with Crippen LogP contribution in [-0.4, -0.2) is 49.1 Å². The highest BCUT2D eigenvalue weighted by molar-refractivity contribution is 5.33. The molecule has 1 saturated heterocycles. The zero-order valence-electron chi connectivity index (χ0n) is 14.1. The number of hydrogen-bond donors (Lipinski definition) is 0. The van der Waals surface area contributed by atoms with Gasteiger partial charge in [-0.15, -0.1) is 0 Å². The summed E-state index contributed by atoms with van der Waals surface area (Å²) in [4.78, 5) is 5.31. The Hall–Kier alpha value is -1.06. The molecule has 1 aromatic carbocycles. The Balaban J connectivity index is 1.51. The van der Waals surface area contributed by atoms with Crippen LogP contribution in [0.2, 0.25) is 0 Å². The lowest BCUT2D eigenvalue weighted by molar-refractivity contribution is 0.0656. The smallest absolute Gasteiger partial charge is 0.123 e. The molecule has 2 unspecified atom stereocenters. The van der Waals surface area contributed by atoms with Crippen molar-refractivity contribution in [3.8, 4) is 5.75 Å². The molecule has 3 rings (SSSR count). The second kappa shape index (κ2) is 7.47. The predicted octanol–water partition coefficient (Wildman–Crippen LogP) is 3.39. The second-order valence-corrected chi connectivity index (χ2v) is 7.05. The molecule has 1 aliphatic heterocycles. The van der Waals surface area contributed by atoms with E-state index in [-0.39, 0.29) is 0 Å². The van der Waals surface area contributed by atoms with Gasteiger partial charge in [0.05, 0.1) is 7.11 Å². The zero-order valence-corrected chi connectivity index (χ0v) is 14.1. The standard InChI is InChI=1S/C19H30N2O/c1-16-6-5-8-18(14-16)21-12-10-20(11-13-21)15-17-7-3-4-9-19(17)22-2/h3-4,7,9,16,18H,5-6,8,10-15H2,1-2H3. The molecule has 1 aliphatic carbocycles. The molecule has 2 fully saturated rings. The van der Waals surface area contributed by atoms with E-state index >= 15 is 0 Å². The fourth-order valence-corrected chi connectivity index (χ4v) is 4.09. The lowest BCUT2D eigenvalue weighted by Crippen LogP contribution is -2.50. The first-order valence-corrected chi connectivity index (χ1v) is 8.84. The van der Waals surface area contributed by atoms with Crippen molar-refractivity contribution in [2.45, 2.75) is 45.2 Å². The van der Waals surface area contributed by atoms with Crippen molar-refractivity contribution in [1.29, 1.82) is 0 Å². The van der Waals surface area contributed by atoms with Crippen LogP contribution >= 0.6 is 0 Å². The number of rotatable bonds is 4. The summed E-state index contributed by atoms with van der Waals surface area (Å²) in [5.41, 5.74) is 1.31. The van der Waals surface area contributed by atoms with Gasteiger partial charge in [-0.25, -0.2) is 0 Å². The lowest BCUT2D eigenvalue weighted by Gasteiger charge is -2.42. The maximum atomic E-state index is 5.48. The van der Waals surface area contributed by atoms with E-state index in [2.05, 4.69) is 34.9 Å². The van der Waals surface area contributed by atoms with Crippen molar-refractivity contribution in [3.05, 3.63) is 29.8 Å². The average Bonchev–Trinajstić information content (AvgIpc) is 2.56. The van der Waals surface area contributed by atoms with Gasteiger partial charge in [-0.3, -0.25) is 9.80 Å². The maximum Gasteiger partial charge on any atom is 0.123 e. The Bertz CT molecular complexity index is 468. The van der Waals surface area contributed by atoms with Crippen LogP contribution in [0, 0.1) is 5.92 Å². The summed E-state index contributed by atoms with van der Waals surface area (Å²) in [5, 5.41) is 0. The molecule has 0 radical (unpaired) electrons. The minimum atomic E-state index is 0.845. The number of piperazine rings is 1. The van der Waals surface area contributed by atoms with Crippen molar-refractivity contribution < 1.29 is 4.74 Å². The summed E-state index contributed by atoms with van der Waals surface area (Å²) >= 11 is 0. The number of ether oxygens (including phenoxy) is 1. The minimum Gasteiger partial charge on any atom is -0.496 e. The van der Waals surface area contributed by atoms with Gasteiger partial charge < -0.3 is 4.74 Å². The van der Waals surface area contributed by atoms with Crippen LogP contribution in [0.3, 0.4) is 0 Å². The summed E-state index contributed by atoms with van der Waals surface area (Å²) in [7, 11) is 1.76. The molecular formula is C19H30N2O. The summed E-state index contributed by atoms with van der Waals surface area (Å²) in [6, 6.07) is 9.25. The van der Waals surface area contributed by atoms with Gasteiger partial charge in [0, 0.05) is 44.3 Å². The zero-order chi connectivity index (χ0) is 15.4. The molecule has 1 heterocycles. The van der Waals surface area contributed by atoms with E-state index in [9.17, 15) is 0 Å². The SMILES string of the molecule is COc1ccccc1CN1CCN(C2CCCC(C)C2)CC1. The maximum absolute atomic E-state index is 5.48. The number of hydrogen-bond acceptors (Lipinski definition) is 3. The Morgan fingerprint density at radius 1 is 1.09 bits per heavy atom. The summed E-state index contributed by atoms with van der Waals surface area (Å²) in [5.74, 6) is 1.94. The van der Waals surface area contributed by atoms with Crippen LogP contribution in [0.25, 0.3) is 0 Å². The number of nitrogens with zero attached hydrogens (tertiary/aromatic N) is 2. The quantitative estimate of drug-likeness (QED) is 0.848. The molecule has 0 spiro atoms. The minimum absolute atomic E-state index is 0.845. The largest absolute Gasteiger partial charge is 0.496 e.